The molecule has 2 aromatic heterocycles. The summed E-state index contributed by atoms with van der Waals surface area (Å²) in [5.41, 5.74) is 6.78. The summed E-state index contributed by atoms with van der Waals surface area (Å²) in [7, 11) is -3.31. The van der Waals surface area contributed by atoms with Crippen molar-refractivity contribution in [1.82, 2.24) is 19.7 Å². The van der Waals surface area contributed by atoms with Crippen LogP contribution in [0.4, 0.5) is 8.78 Å². The van der Waals surface area contributed by atoms with E-state index in [-0.39, 0.29) is 29.3 Å². The van der Waals surface area contributed by atoms with Crippen molar-refractivity contribution in [2.24, 2.45) is 5.73 Å². The van der Waals surface area contributed by atoms with Crippen molar-refractivity contribution in [2.75, 3.05) is 12.8 Å². The standard InChI is InChI=1S/C19H19F2N5O3S/c1-11-7-14(26-16(24-25-19(26)27)8-13(9-22)18(20)21)10-23-17(11)12-3-5-15(6-4-12)30(2,28)29/h3-7,10H,8-9,22H2,1-2H3,(H,25,27). The molecule has 0 bridgehead atoms. The first-order valence-electron chi connectivity index (χ1n) is 8.78. The Morgan fingerprint density at radius 2 is 1.90 bits per heavy atom. The van der Waals surface area contributed by atoms with Crippen molar-refractivity contribution in [2.45, 2.75) is 18.2 Å². The number of nitrogens with one attached hydrogen (secondary N) is 1. The molecule has 0 aliphatic rings. The molecule has 0 unspecified atom stereocenters. The molecule has 2 heterocycles. The van der Waals surface area contributed by atoms with Crippen LogP contribution in [0.2, 0.25) is 0 Å². The molecule has 0 aliphatic heterocycles. The molecule has 158 valence electrons. The minimum absolute atomic E-state index is 0.0831. The molecule has 30 heavy (non-hydrogen) atoms. The Hall–Kier alpha value is -3.18. The van der Waals surface area contributed by atoms with E-state index in [1.807, 2.05) is 0 Å². The molecule has 0 amide bonds. The zero-order chi connectivity index (χ0) is 22.1. The highest BCUT2D eigenvalue weighted by Crippen LogP contribution is 2.24. The third-order valence-corrected chi connectivity index (χ3v) is 5.63. The van der Waals surface area contributed by atoms with Gasteiger partial charge in [-0.2, -0.15) is 13.9 Å². The second kappa shape index (κ2) is 8.28. The number of halogens is 2. The third kappa shape index (κ3) is 4.36. The first kappa shape index (κ1) is 21.5. The van der Waals surface area contributed by atoms with Crippen molar-refractivity contribution < 1.29 is 17.2 Å². The zero-order valence-electron chi connectivity index (χ0n) is 16.2. The SMILES string of the molecule is Cc1cc(-n2c(CC(CN)=C(F)F)n[nH]c2=O)cnc1-c1ccc(S(C)(=O)=O)cc1. The molecule has 0 saturated carbocycles. The van der Waals surface area contributed by atoms with Crippen LogP contribution in [0.5, 0.6) is 0 Å². The van der Waals surface area contributed by atoms with Crippen LogP contribution in [-0.2, 0) is 16.3 Å². The van der Waals surface area contributed by atoms with Gasteiger partial charge in [0.15, 0.2) is 9.84 Å². The maximum Gasteiger partial charge on any atom is 0.348 e. The molecule has 3 N–H and O–H groups in total. The molecule has 3 aromatic rings. The lowest BCUT2D eigenvalue weighted by atomic mass is 10.1. The van der Waals surface area contributed by atoms with Crippen LogP contribution in [0.15, 0.2) is 57.9 Å². The van der Waals surface area contributed by atoms with E-state index in [0.717, 1.165) is 10.8 Å². The highest BCUT2D eigenvalue weighted by molar-refractivity contribution is 7.90. The first-order valence-corrected chi connectivity index (χ1v) is 10.7. The van der Waals surface area contributed by atoms with Crippen molar-refractivity contribution >= 4 is 9.84 Å². The van der Waals surface area contributed by atoms with Crippen LogP contribution in [0.1, 0.15) is 11.4 Å². The van der Waals surface area contributed by atoms with Gasteiger partial charge in [-0.25, -0.2) is 22.9 Å². The summed E-state index contributed by atoms with van der Waals surface area (Å²) in [6, 6.07) is 7.94. The fraction of sp³-hybridized carbons (Fsp3) is 0.211. The lowest BCUT2D eigenvalue weighted by molar-refractivity contribution is 0.407. The van der Waals surface area contributed by atoms with E-state index in [2.05, 4.69) is 15.2 Å². The van der Waals surface area contributed by atoms with E-state index in [0.29, 0.717) is 22.5 Å². The summed E-state index contributed by atoms with van der Waals surface area (Å²) >= 11 is 0. The second-order valence-corrected chi connectivity index (χ2v) is 8.70. The molecule has 3 rings (SSSR count). The van der Waals surface area contributed by atoms with Crippen molar-refractivity contribution in [3.8, 4) is 16.9 Å². The molecule has 0 saturated heterocycles. The van der Waals surface area contributed by atoms with Crippen LogP contribution in [0.25, 0.3) is 16.9 Å². The number of hydrogen-bond acceptors (Lipinski definition) is 6. The maximum atomic E-state index is 13.0. The monoisotopic (exact) mass is 435 g/mol. The molecule has 0 spiro atoms. The van der Waals surface area contributed by atoms with Crippen LogP contribution in [0, 0.1) is 6.92 Å². The van der Waals surface area contributed by atoms with Gasteiger partial charge in [-0.15, -0.1) is 0 Å². The molecular weight excluding hydrogens is 416 g/mol. The second-order valence-electron chi connectivity index (χ2n) is 6.68. The van der Waals surface area contributed by atoms with E-state index < -0.39 is 21.6 Å². The normalized spacial score (nSPS) is 11.5. The highest BCUT2D eigenvalue weighted by Gasteiger charge is 2.16. The highest BCUT2D eigenvalue weighted by atomic mass is 32.2. The van der Waals surface area contributed by atoms with Gasteiger partial charge in [-0.3, -0.25) is 4.98 Å². The number of nitrogens with zero attached hydrogens (tertiary/aromatic N) is 3. The first-order chi connectivity index (χ1) is 14.1. The van der Waals surface area contributed by atoms with E-state index >= 15 is 0 Å². The average molecular weight is 435 g/mol. The van der Waals surface area contributed by atoms with E-state index in [9.17, 15) is 22.0 Å². The number of aryl methyl sites for hydroxylation is 1. The van der Waals surface area contributed by atoms with E-state index in [4.69, 9.17) is 5.73 Å². The summed E-state index contributed by atoms with van der Waals surface area (Å²) in [4.78, 5) is 16.8. The predicted octanol–water partition coefficient (Wildman–Crippen LogP) is 1.99. The lowest BCUT2D eigenvalue weighted by Gasteiger charge is -2.11. The quantitative estimate of drug-likeness (QED) is 0.610. The number of aromatic amines is 1. The summed E-state index contributed by atoms with van der Waals surface area (Å²) in [6.45, 7) is 1.41. The van der Waals surface area contributed by atoms with Crippen molar-refractivity contribution in [3.05, 3.63) is 70.1 Å². The maximum absolute atomic E-state index is 13.0. The fourth-order valence-electron chi connectivity index (χ4n) is 2.97. The smallest absolute Gasteiger partial charge is 0.327 e. The molecular formula is C19H19F2N5O3S. The number of benzene rings is 1. The number of sulfone groups is 1. The number of rotatable bonds is 6. The van der Waals surface area contributed by atoms with E-state index in [1.54, 1.807) is 25.1 Å². The minimum Gasteiger partial charge on any atom is -0.327 e. The molecule has 11 heteroatoms. The number of H-pyrrole nitrogens is 1. The van der Waals surface area contributed by atoms with Crippen LogP contribution in [-0.4, -0.2) is 41.0 Å². The molecule has 1 aromatic carbocycles. The van der Waals surface area contributed by atoms with Gasteiger partial charge >= 0.3 is 5.69 Å². The van der Waals surface area contributed by atoms with Gasteiger partial charge in [-0.05, 0) is 30.7 Å². The minimum atomic E-state index is -3.31. The molecule has 0 fully saturated rings. The van der Waals surface area contributed by atoms with Gasteiger partial charge < -0.3 is 5.73 Å². The number of hydrogen-bond donors (Lipinski definition) is 2. The van der Waals surface area contributed by atoms with Gasteiger partial charge in [0.25, 0.3) is 6.08 Å². The van der Waals surface area contributed by atoms with E-state index in [1.165, 1.54) is 18.3 Å². The van der Waals surface area contributed by atoms with Crippen molar-refractivity contribution in [3.63, 3.8) is 0 Å². The van der Waals surface area contributed by atoms with Gasteiger partial charge in [0.2, 0.25) is 0 Å². The zero-order valence-corrected chi connectivity index (χ0v) is 17.0. The van der Waals surface area contributed by atoms with Crippen molar-refractivity contribution in [1.29, 1.82) is 0 Å². The molecule has 0 radical (unpaired) electrons. The largest absolute Gasteiger partial charge is 0.348 e. The summed E-state index contributed by atoms with van der Waals surface area (Å²) in [6.07, 6.45) is 0.359. The summed E-state index contributed by atoms with van der Waals surface area (Å²) in [5.74, 6) is 0.0831. The van der Waals surface area contributed by atoms with Gasteiger partial charge in [0.05, 0.1) is 22.5 Å². The van der Waals surface area contributed by atoms with Gasteiger partial charge in [0, 0.05) is 30.4 Å². The summed E-state index contributed by atoms with van der Waals surface area (Å²) in [5, 5.41) is 6.08. The van der Waals surface area contributed by atoms with Crippen LogP contribution in [0.3, 0.4) is 0 Å². The van der Waals surface area contributed by atoms with Crippen LogP contribution < -0.4 is 11.4 Å². The fourth-order valence-corrected chi connectivity index (χ4v) is 3.60. The summed E-state index contributed by atoms with van der Waals surface area (Å²) < 4.78 is 50.3. The Bertz CT molecular complexity index is 1270. The predicted molar refractivity (Wildman–Crippen MR) is 107 cm³/mol. The Balaban J connectivity index is 2.00. The number of aromatic nitrogens is 4. The Morgan fingerprint density at radius 3 is 2.43 bits per heavy atom. The Kier molecular flexibility index (Phi) is 5.94. The molecule has 0 aliphatic carbocycles. The van der Waals surface area contributed by atoms with Gasteiger partial charge in [-0.1, -0.05) is 12.1 Å². The third-order valence-electron chi connectivity index (χ3n) is 4.50. The van der Waals surface area contributed by atoms with Crippen LogP contribution >= 0.6 is 0 Å². The number of pyridine rings is 1. The topological polar surface area (TPSA) is 124 Å². The average Bonchev–Trinajstić information content (AvgIpc) is 3.05. The molecule has 0 atom stereocenters. The lowest BCUT2D eigenvalue weighted by Crippen LogP contribution is -2.19. The molecule has 8 nitrogen and oxygen atoms in total. The number of nitrogens with two attached hydrogens (primary N) is 1. The Labute approximate surface area is 171 Å². The Morgan fingerprint density at radius 1 is 1.23 bits per heavy atom. The van der Waals surface area contributed by atoms with Gasteiger partial charge in [0.1, 0.15) is 5.82 Å².